The summed E-state index contributed by atoms with van der Waals surface area (Å²) in [4.78, 5) is 0. The van der Waals surface area contributed by atoms with Crippen LogP contribution in [-0.4, -0.2) is 24.3 Å². The van der Waals surface area contributed by atoms with Crippen molar-refractivity contribution in [1.29, 1.82) is 0 Å². The minimum Gasteiger partial charge on any atom is -0.396 e. The van der Waals surface area contributed by atoms with Crippen LogP contribution in [0.3, 0.4) is 0 Å². The molecule has 0 spiro atoms. The van der Waals surface area contributed by atoms with Crippen molar-refractivity contribution in [2.24, 2.45) is 17.8 Å². The van der Waals surface area contributed by atoms with Gasteiger partial charge in [-0.3, -0.25) is 0 Å². The standard InChI is InChI=1S/C15H31NO/c1-12(2)8-9-13(3)16-10-14-6-4-5-7-15(14)11-17/h12-17H,4-11H2,1-3H3. The Morgan fingerprint density at radius 2 is 1.71 bits per heavy atom. The molecule has 0 aromatic heterocycles. The van der Waals surface area contributed by atoms with Gasteiger partial charge < -0.3 is 10.4 Å². The van der Waals surface area contributed by atoms with E-state index in [4.69, 9.17) is 0 Å². The van der Waals surface area contributed by atoms with Gasteiger partial charge in [0.05, 0.1) is 0 Å². The smallest absolute Gasteiger partial charge is 0.0462 e. The third-order valence-electron chi connectivity index (χ3n) is 4.21. The first-order chi connectivity index (χ1) is 8.13. The summed E-state index contributed by atoms with van der Waals surface area (Å²) in [5, 5.41) is 13.0. The molecule has 1 aliphatic rings. The molecule has 17 heavy (non-hydrogen) atoms. The summed E-state index contributed by atoms with van der Waals surface area (Å²) in [7, 11) is 0. The first kappa shape index (κ1) is 15.0. The molecule has 3 atom stereocenters. The Morgan fingerprint density at radius 1 is 1.06 bits per heavy atom. The van der Waals surface area contributed by atoms with E-state index >= 15 is 0 Å². The second-order valence-corrected chi connectivity index (χ2v) is 6.27. The molecule has 0 aromatic carbocycles. The van der Waals surface area contributed by atoms with Crippen molar-refractivity contribution in [2.75, 3.05) is 13.2 Å². The van der Waals surface area contributed by atoms with Crippen LogP contribution in [0, 0.1) is 17.8 Å². The lowest BCUT2D eigenvalue weighted by molar-refractivity contribution is 0.131. The summed E-state index contributed by atoms with van der Waals surface area (Å²) in [6, 6.07) is 0.624. The van der Waals surface area contributed by atoms with Crippen LogP contribution >= 0.6 is 0 Å². The molecule has 1 rings (SSSR count). The maximum Gasteiger partial charge on any atom is 0.0462 e. The van der Waals surface area contributed by atoms with Crippen molar-refractivity contribution in [1.82, 2.24) is 5.32 Å². The van der Waals surface area contributed by atoms with Gasteiger partial charge >= 0.3 is 0 Å². The Kier molecular flexibility index (Phi) is 7.14. The fraction of sp³-hybridized carbons (Fsp3) is 1.00. The van der Waals surface area contributed by atoms with Crippen molar-refractivity contribution in [3.63, 3.8) is 0 Å². The van der Waals surface area contributed by atoms with Crippen LogP contribution in [0.4, 0.5) is 0 Å². The van der Waals surface area contributed by atoms with Gasteiger partial charge in [-0.2, -0.15) is 0 Å². The van der Waals surface area contributed by atoms with Crippen LogP contribution in [0.5, 0.6) is 0 Å². The molecule has 0 bridgehead atoms. The maximum atomic E-state index is 9.38. The van der Waals surface area contributed by atoms with Crippen LogP contribution in [0.1, 0.15) is 59.3 Å². The lowest BCUT2D eigenvalue weighted by Gasteiger charge is -2.31. The molecule has 0 saturated heterocycles. The average molecular weight is 241 g/mol. The maximum absolute atomic E-state index is 9.38. The number of aliphatic hydroxyl groups excluding tert-OH is 1. The van der Waals surface area contributed by atoms with Crippen molar-refractivity contribution in [2.45, 2.75) is 65.3 Å². The number of aliphatic hydroxyl groups is 1. The molecule has 2 heteroatoms. The Labute approximate surface area is 107 Å². The third kappa shape index (κ3) is 5.87. The van der Waals surface area contributed by atoms with E-state index in [1.165, 1.54) is 38.5 Å². The van der Waals surface area contributed by atoms with E-state index in [2.05, 4.69) is 26.1 Å². The van der Waals surface area contributed by atoms with Gasteiger partial charge in [-0.15, -0.1) is 0 Å². The average Bonchev–Trinajstić information content (AvgIpc) is 2.34. The highest BCUT2D eigenvalue weighted by Gasteiger charge is 2.24. The van der Waals surface area contributed by atoms with Crippen molar-refractivity contribution >= 4 is 0 Å². The molecule has 1 saturated carbocycles. The fourth-order valence-corrected chi connectivity index (χ4v) is 2.83. The summed E-state index contributed by atoms with van der Waals surface area (Å²) < 4.78 is 0. The quantitative estimate of drug-likeness (QED) is 0.717. The van der Waals surface area contributed by atoms with E-state index < -0.39 is 0 Å². The second-order valence-electron chi connectivity index (χ2n) is 6.27. The summed E-state index contributed by atoms with van der Waals surface area (Å²) in [5.41, 5.74) is 0. The van der Waals surface area contributed by atoms with E-state index in [9.17, 15) is 5.11 Å². The number of hydrogen-bond acceptors (Lipinski definition) is 2. The Bertz CT molecular complexity index is 193. The summed E-state index contributed by atoms with van der Waals surface area (Å²) in [6.07, 6.45) is 7.77. The fourth-order valence-electron chi connectivity index (χ4n) is 2.83. The molecule has 0 radical (unpaired) electrons. The molecule has 3 unspecified atom stereocenters. The zero-order chi connectivity index (χ0) is 12.7. The van der Waals surface area contributed by atoms with Crippen LogP contribution in [0.2, 0.25) is 0 Å². The first-order valence-electron chi connectivity index (χ1n) is 7.47. The summed E-state index contributed by atoms with van der Waals surface area (Å²) >= 11 is 0. The van der Waals surface area contributed by atoms with Gasteiger partial charge in [0.1, 0.15) is 0 Å². The summed E-state index contributed by atoms with van der Waals surface area (Å²) in [6.45, 7) is 8.35. The topological polar surface area (TPSA) is 32.3 Å². The van der Waals surface area contributed by atoms with Gasteiger partial charge in [-0.25, -0.2) is 0 Å². The zero-order valence-electron chi connectivity index (χ0n) is 11.9. The van der Waals surface area contributed by atoms with Crippen molar-refractivity contribution < 1.29 is 5.11 Å². The number of nitrogens with one attached hydrogen (secondary N) is 1. The molecule has 0 aliphatic heterocycles. The lowest BCUT2D eigenvalue weighted by atomic mass is 9.79. The van der Waals surface area contributed by atoms with E-state index in [1.807, 2.05) is 0 Å². The highest BCUT2D eigenvalue weighted by Crippen LogP contribution is 2.29. The van der Waals surface area contributed by atoms with E-state index in [0.717, 1.165) is 12.5 Å². The lowest BCUT2D eigenvalue weighted by Crippen LogP contribution is -2.36. The molecule has 2 nitrogen and oxygen atoms in total. The minimum atomic E-state index is 0.382. The summed E-state index contributed by atoms with van der Waals surface area (Å²) in [5.74, 6) is 2.06. The zero-order valence-corrected chi connectivity index (χ0v) is 11.9. The predicted molar refractivity (Wildman–Crippen MR) is 74.1 cm³/mol. The van der Waals surface area contributed by atoms with Crippen LogP contribution < -0.4 is 5.32 Å². The van der Waals surface area contributed by atoms with Gasteiger partial charge in [0.15, 0.2) is 0 Å². The molecule has 2 N–H and O–H groups in total. The Morgan fingerprint density at radius 3 is 2.29 bits per heavy atom. The first-order valence-corrected chi connectivity index (χ1v) is 7.47. The Hall–Kier alpha value is -0.0800. The molecule has 0 aromatic rings. The highest BCUT2D eigenvalue weighted by molar-refractivity contribution is 4.77. The normalized spacial score (nSPS) is 27.4. The Balaban J connectivity index is 2.19. The monoisotopic (exact) mass is 241 g/mol. The number of rotatable bonds is 7. The molecule has 1 fully saturated rings. The van der Waals surface area contributed by atoms with Crippen LogP contribution in [0.25, 0.3) is 0 Å². The molecular weight excluding hydrogens is 210 g/mol. The number of hydrogen-bond donors (Lipinski definition) is 2. The van der Waals surface area contributed by atoms with Gasteiger partial charge in [0, 0.05) is 12.6 Å². The second kappa shape index (κ2) is 8.10. The van der Waals surface area contributed by atoms with E-state index in [1.54, 1.807) is 0 Å². The molecular formula is C15H31NO. The van der Waals surface area contributed by atoms with Crippen molar-refractivity contribution in [3.05, 3.63) is 0 Å². The van der Waals surface area contributed by atoms with Crippen LogP contribution in [0.15, 0.2) is 0 Å². The van der Waals surface area contributed by atoms with E-state index in [0.29, 0.717) is 24.5 Å². The van der Waals surface area contributed by atoms with Crippen LogP contribution in [-0.2, 0) is 0 Å². The largest absolute Gasteiger partial charge is 0.396 e. The van der Waals surface area contributed by atoms with Gasteiger partial charge in [0.2, 0.25) is 0 Å². The highest BCUT2D eigenvalue weighted by atomic mass is 16.3. The SMILES string of the molecule is CC(C)CCC(C)NCC1CCCCC1CO. The van der Waals surface area contributed by atoms with Gasteiger partial charge in [-0.1, -0.05) is 26.7 Å². The molecule has 102 valence electrons. The van der Waals surface area contributed by atoms with Crippen molar-refractivity contribution in [3.8, 4) is 0 Å². The third-order valence-corrected chi connectivity index (χ3v) is 4.21. The molecule has 0 heterocycles. The van der Waals surface area contributed by atoms with E-state index in [-0.39, 0.29) is 0 Å². The minimum absolute atomic E-state index is 0.382. The van der Waals surface area contributed by atoms with Gasteiger partial charge in [-0.05, 0) is 56.9 Å². The molecule has 0 amide bonds. The molecule has 1 aliphatic carbocycles. The predicted octanol–water partition coefficient (Wildman–Crippen LogP) is 3.20. The van der Waals surface area contributed by atoms with Gasteiger partial charge in [0.25, 0.3) is 0 Å².